The second-order valence-corrected chi connectivity index (χ2v) is 5.29. The molecule has 0 saturated carbocycles. The molecular formula is C15H18O5. The highest BCUT2D eigenvalue weighted by molar-refractivity contribution is 5.82. The van der Waals surface area contributed by atoms with Crippen molar-refractivity contribution in [2.24, 2.45) is 0 Å². The number of methoxy groups -OCH3 is 1. The van der Waals surface area contributed by atoms with Crippen molar-refractivity contribution in [3.8, 4) is 5.75 Å². The van der Waals surface area contributed by atoms with Gasteiger partial charge in [-0.05, 0) is 32.0 Å². The Balaban J connectivity index is 2.59. The third-order valence-electron chi connectivity index (χ3n) is 3.28. The Morgan fingerprint density at radius 3 is 2.55 bits per heavy atom. The van der Waals surface area contributed by atoms with Crippen molar-refractivity contribution in [3.05, 3.63) is 40.2 Å². The first kappa shape index (κ1) is 14.6. The van der Waals surface area contributed by atoms with Crippen LogP contribution in [0.15, 0.2) is 33.5 Å². The van der Waals surface area contributed by atoms with E-state index in [1.54, 1.807) is 18.2 Å². The van der Waals surface area contributed by atoms with Crippen LogP contribution in [0, 0.1) is 0 Å². The maximum atomic E-state index is 11.4. The van der Waals surface area contributed by atoms with Gasteiger partial charge in [0.05, 0.1) is 18.8 Å². The predicted molar refractivity (Wildman–Crippen MR) is 75.0 cm³/mol. The molecule has 1 aromatic heterocycles. The smallest absolute Gasteiger partial charge is 0.336 e. The van der Waals surface area contributed by atoms with E-state index in [4.69, 9.17) is 9.15 Å². The average Bonchev–Trinajstić information content (AvgIpc) is 2.38. The second-order valence-electron chi connectivity index (χ2n) is 5.29. The van der Waals surface area contributed by atoms with Gasteiger partial charge in [-0.2, -0.15) is 0 Å². The summed E-state index contributed by atoms with van der Waals surface area (Å²) in [6.45, 7) is 3.04. The van der Waals surface area contributed by atoms with Gasteiger partial charge in [-0.1, -0.05) is 0 Å². The lowest BCUT2D eigenvalue weighted by Crippen LogP contribution is -2.37. The van der Waals surface area contributed by atoms with Gasteiger partial charge in [0.1, 0.15) is 11.3 Å². The molecule has 1 aromatic carbocycles. The monoisotopic (exact) mass is 278 g/mol. The van der Waals surface area contributed by atoms with Gasteiger partial charge in [0.2, 0.25) is 0 Å². The van der Waals surface area contributed by atoms with Crippen LogP contribution in [0.1, 0.15) is 19.4 Å². The average molecular weight is 278 g/mol. The van der Waals surface area contributed by atoms with Gasteiger partial charge in [-0.25, -0.2) is 4.79 Å². The van der Waals surface area contributed by atoms with Crippen LogP contribution in [-0.4, -0.2) is 29.0 Å². The third-order valence-corrected chi connectivity index (χ3v) is 3.28. The molecule has 1 heterocycles. The molecule has 0 aliphatic heterocycles. The molecule has 0 unspecified atom stereocenters. The van der Waals surface area contributed by atoms with E-state index >= 15 is 0 Å². The number of aliphatic hydroxyl groups excluding tert-OH is 1. The molecular weight excluding hydrogens is 260 g/mol. The summed E-state index contributed by atoms with van der Waals surface area (Å²) in [7, 11) is 1.50. The van der Waals surface area contributed by atoms with Gasteiger partial charge in [-0.15, -0.1) is 0 Å². The van der Waals surface area contributed by atoms with Crippen molar-refractivity contribution in [2.75, 3.05) is 7.11 Å². The molecule has 5 nitrogen and oxygen atoms in total. The summed E-state index contributed by atoms with van der Waals surface area (Å²) in [5, 5.41) is 20.7. The van der Waals surface area contributed by atoms with E-state index in [-0.39, 0.29) is 6.42 Å². The van der Waals surface area contributed by atoms with E-state index in [0.29, 0.717) is 16.9 Å². The first-order valence-corrected chi connectivity index (χ1v) is 6.33. The fourth-order valence-corrected chi connectivity index (χ4v) is 2.00. The Morgan fingerprint density at radius 2 is 1.95 bits per heavy atom. The Hall–Kier alpha value is -1.85. The molecule has 1 atom stereocenters. The Morgan fingerprint density at radius 1 is 1.30 bits per heavy atom. The molecule has 2 rings (SSSR count). The quantitative estimate of drug-likeness (QED) is 0.828. The number of rotatable bonds is 4. The SMILES string of the molecule is COc1ccc2ccc(=O)oc2c1C[C@@H](O)C(C)(C)O. The zero-order chi connectivity index (χ0) is 14.9. The van der Waals surface area contributed by atoms with Crippen LogP contribution in [0.5, 0.6) is 5.75 Å². The number of benzene rings is 1. The van der Waals surface area contributed by atoms with E-state index in [2.05, 4.69) is 0 Å². The van der Waals surface area contributed by atoms with Crippen molar-refractivity contribution in [1.29, 1.82) is 0 Å². The molecule has 0 aliphatic carbocycles. The van der Waals surface area contributed by atoms with Crippen molar-refractivity contribution in [1.82, 2.24) is 0 Å². The topological polar surface area (TPSA) is 79.9 Å². The molecule has 0 saturated heterocycles. The molecule has 2 aromatic rings. The highest BCUT2D eigenvalue weighted by Gasteiger charge is 2.27. The molecule has 0 radical (unpaired) electrons. The zero-order valence-electron chi connectivity index (χ0n) is 11.7. The lowest BCUT2D eigenvalue weighted by molar-refractivity contribution is -0.0470. The van der Waals surface area contributed by atoms with Crippen LogP contribution < -0.4 is 10.4 Å². The standard InChI is InChI=1S/C15H18O5/c1-15(2,18)12(16)8-10-11(19-3)6-4-9-5-7-13(17)20-14(9)10/h4-7,12,16,18H,8H2,1-3H3/t12-/m1/s1. The predicted octanol–water partition coefficient (Wildman–Crippen LogP) is 1.48. The fourth-order valence-electron chi connectivity index (χ4n) is 2.00. The van der Waals surface area contributed by atoms with Gasteiger partial charge >= 0.3 is 5.63 Å². The molecule has 2 N–H and O–H groups in total. The summed E-state index contributed by atoms with van der Waals surface area (Å²) in [4.78, 5) is 11.4. The van der Waals surface area contributed by atoms with Crippen molar-refractivity contribution < 1.29 is 19.4 Å². The van der Waals surface area contributed by atoms with Gasteiger partial charge in [-0.3, -0.25) is 0 Å². The summed E-state index contributed by atoms with van der Waals surface area (Å²) in [6, 6.07) is 6.51. The number of fused-ring (bicyclic) bond motifs is 1. The van der Waals surface area contributed by atoms with E-state index in [1.807, 2.05) is 0 Å². The summed E-state index contributed by atoms with van der Waals surface area (Å²) < 4.78 is 10.5. The highest BCUT2D eigenvalue weighted by Crippen LogP contribution is 2.29. The molecule has 0 amide bonds. The first-order valence-electron chi connectivity index (χ1n) is 6.33. The molecule has 0 spiro atoms. The fraction of sp³-hybridized carbons (Fsp3) is 0.400. The molecule has 5 heteroatoms. The van der Waals surface area contributed by atoms with Crippen LogP contribution in [0.4, 0.5) is 0 Å². The normalized spacial score (nSPS) is 13.4. The van der Waals surface area contributed by atoms with Crippen molar-refractivity contribution in [3.63, 3.8) is 0 Å². The van der Waals surface area contributed by atoms with Crippen molar-refractivity contribution in [2.45, 2.75) is 32.0 Å². The summed E-state index contributed by atoms with van der Waals surface area (Å²) >= 11 is 0. The summed E-state index contributed by atoms with van der Waals surface area (Å²) in [6.07, 6.45) is -0.885. The minimum absolute atomic E-state index is 0.122. The maximum Gasteiger partial charge on any atom is 0.336 e. The summed E-state index contributed by atoms with van der Waals surface area (Å²) in [5.74, 6) is 0.509. The van der Waals surface area contributed by atoms with Gasteiger partial charge in [0.25, 0.3) is 0 Å². The lowest BCUT2D eigenvalue weighted by atomic mass is 9.94. The third kappa shape index (κ3) is 2.84. The molecule has 0 fully saturated rings. The maximum absolute atomic E-state index is 11.4. The first-order chi connectivity index (χ1) is 9.32. The van der Waals surface area contributed by atoms with E-state index in [9.17, 15) is 15.0 Å². The van der Waals surface area contributed by atoms with Crippen LogP contribution in [0.25, 0.3) is 11.0 Å². The lowest BCUT2D eigenvalue weighted by Gasteiger charge is -2.25. The van der Waals surface area contributed by atoms with Crippen molar-refractivity contribution >= 4 is 11.0 Å². The Labute approximate surface area is 116 Å². The Kier molecular flexibility index (Phi) is 3.83. The summed E-state index contributed by atoms with van der Waals surface area (Å²) in [5.41, 5.74) is -0.787. The second kappa shape index (κ2) is 5.26. The molecule has 0 aliphatic rings. The van der Waals surface area contributed by atoms with Gasteiger partial charge in [0, 0.05) is 23.4 Å². The molecule has 108 valence electrons. The largest absolute Gasteiger partial charge is 0.496 e. The zero-order valence-corrected chi connectivity index (χ0v) is 11.7. The molecule has 20 heavy (non-hydrogen) atoms. The van der Waals surface area contributed by atoms with Gasteiger partial charge < -0.3 is 19.4 Å². The number of ether oxygens (including phenoxy) is 1. The number of hydrogen-bond donors (Lipinski definition) is 2. The van der Waals surface area contributed by atoms with E-state index < -0.39 is 17.3 Å². The van der Waals surface area contributed by atoms with Crippen LogP contribution in [0.3, 0.4) is 0 Å². The van der Waals surface area contributed by atoms with Crippen LogP contribution in [0.2, 0.25) is 0 Å². The molecule has 0 bridgehead atoms. The van der Waals surface area contributed by atoms with Gasteiger partial charge in [0.15, 0.2) is 0 Å². The number of hydrogen-bond acceptors (Lipinski definition) is 5. The number of aliphatic hydroxyl groups is 2. The van der Waals surface area contributed by atoms with E-state index in [1.165, 1.54) is 27.0 Å². The highest BCUT2D eigenvalue weighted by atomic mass is 16.5. The Bertz CT molecular complexity index is 666. The minimum atomic E-state index is -1.26. The minimum Gasteiger partial charge on any atom is -0.496 e. The van der Waals surface area contributed by atoms with E-state index in [0.717, 1.165) is 5.39 Å². The van der Waals surface area contributed by atoms with Crippen LogP contribution in [-0.2, 0) is 6.42 Å². The van der Waals surface area contributed by atoms with Crippen LogP contribution >= 0.6 is 0 Å².